The van der Waals surface area contributed by atoms with Gasteiger partial charge in [-0.15, -0.1) is 0 Å². The van der Waals surface area contributed by atoms with Crippen LogP contribution in [0.25, 0.3) is 11.2 Å². The van der Waals surface area contributed by atoms with Crippen LogP contribution in [-0.4, -0.2) is 107 Å². The maximum Gasteiger partial charge on any atom is 0.326 e. The van der Waals surface area contributed by atoms with Crippen molar-refractivity contribution in [1.29, 1.82) is 0 Å². The molecule has 0 fully saturated rings. The lowest BCUT2D eigenvalue weighted by Crippen LogP contribution is -2.45. The molecule has 3 atom stereocenters. The van der Waals surface area contributed by atoms with Gasteiger partial charge < -0.3 is 52.7 Å². The summed E-state index contributed by atoms with van der Waals surface area (Å²) in [5.74, 6) is -8.15. The number of anilines is 3. The Kier molecular flexibility index (Phi) is 13.4. The SMILES string of the molecule is CN(Cc1cnc2nc(N)nc(N)c2n1)c1ccc(C(=O)N[C@H](CCC(=O)N[C@H](CCC(=O)N[C@@H](CCC(=O)O)C(=O)O)C(=O)O)C(=O)O)cc1. The Morgan fingerprint density at radius 2 is 1.24 bits per heavy atom. The van der Waals surface area contributed by atoms with E-state index in [2.05, 4.69) is 35.9 Å². The molecule has 0 aliphatic rings. The number of rotatable bonds is 19. The first-order chi connectivity index (χ1) is 24.0. The van der Waals surface area contributed by atoms with Gasteiger partial charge in [-0.3, -0.25) is 19.2 Å². The fraction of sp³-hybridized carbons (Fsp3) is 0.367. The smallest absolute Gasteiger partial charge is 0.326 e. The van der Waals surface area contributed by atoms with Gasteiger partial charge in [0.25, 0.3) is 5.91 Å². The molecule has 3 aromatic rings. The molecule has 0 aliphatic heterocycles. The number of carboxylic acid groups (broad SMARTS) is 4. The Hall–Kier alpha value is -6.67. The van der Waals surface area contributed by atoms with Crippen LogP contribution in [-0.2, 0) is 35.3 Å². The molecule has 272 valence electrons. The number of nitrogens with zero attached hydrogens (tertiary/aromatic N) is 5. The third-order valence-electron chi connectivity index (χ3n) is 7.31. The van der Waals surface area contributed by atoms with Gasteiger partial charge in [-0.1, -0.05) is 0 Å². The number of benzene rings is 1. The monoisotopic (exact) mass is 712 g/mol. The van der Waals surface area contributed by atoms with Gasteiger partial charge in [0.2, 0.25) is 17.8 Å². The van der Waals surface area contributed by atoms with E-state index < -0.39 is 98.2 Å². The molecule has 0 bridgehead atoms. The van der Waals surface area contributed by atoms with Gasteiger partial charge in [0.1, 0.15) is 18.1 Å². The van der Waals surface area contributed by atoms with Gasteiger partial charge in [-0.2, -0.15) is 9.97 Å². The van der Waals surface area contributed by atoms with Crippen LogP contribution in [0.15, 0.2) is 30.5 Å². The number of aliphatic carboxylic acids is 4. The number of carbonyl (C=O) groups excluding carboxylic acids is 3. The van der Waals surface area contributed by atoms with Crippen LogP contribution in [0.5, 0.6) is 0 Å². The molecule has 0 unspecified atom stereocenters. The van der Waals surface area contributed by atoms with Crippen molar-refractivity contribution >= 4 is 70.2 Å². The van der Waals surface area contributed by atoms with Crippen LogP contribution in [0.3, 0.4) is 0 Å². The number of amides is 3. The minimum atomic E-state index is -1.58. The topological polar surface area (TPSA) is 343 Å². The average Bonchev–Trinajstić information content (AvgIpc) is 3.06. The number of carboxylic acids is 4. The van der Waals surface area contributed by atoms with Crippen LogP contribution >= 0.6 is 0 Å². The predicted molar refractivity (Wildman–Crippen MR) is 176 cm³/mol. The quantitative estimate of drug-likeness (QED) is 0.0717. The van der Waals surface area contributed by atoms with Crippen LogP contribution in [0.4, 0.5) is 17.5 Å². The minimum absolute atomic E-state index is 0.0294. The van der Waals surface area contributed by atoms with E-state index in [1.54, 1.807) is 24.1 Å². The molecule has 2 heterocycles. The van der Waals surface area contributed by atoms with E-state index in [-0.39, 0.29) is 29.5 Å². The minimum Gasteiger partial charge on any atom is -0.481 e. The lowest BCUT2D eigenvalue weighted by atomic mass is 10.1. The zero-order chi connectivity index (χ0) is 37.8. The number of hydrogen-bond acceptors (Lipinski definition) is 14. The number of nitrogens with two attached hydrogens (primary N) is 2. The summed E-state index contributed by atoms with van der Waals surface area (Å²) in [5.41, 5.74) is 13.3. The van der Waals surface area contributed by atoms with E-state index in [0.717, 1.165) is 0 Å². The second-order valence-corrected chi connectivity index (χ2v) is 11.2. The molecule has 0 saturated heterocycles. The fourth-order valence-corrected chi connectivity index (χ4v) is 4.63. The van der Waals surface area contributed by atoms with Crippen LogP contribution in [0.2, 0.25) is 0 Å². The fourth-order valence-electron chi connectivity index (χ4n) is 4.63. The van der Waals surface area contributed by atoms with Gasteiger partial charge in [0.15, 0.2) is 17.0 Å². The van der Waals surface area contributed by atoms with Gasteiger partial charge in [0, 0.05) is 37.6 Å². The summed E-state index contributed by atoms with van der Waals surface area (Å²) in [6, 6.07) is 1.56. The Morgan fingerprint density at radius 3 is 1.75 bits per heavy atom. The number of hydrogen-bond donors (Lipinski definition) is 9. The number of aromatic nitrogens is 4. The third kappa shape index (κ3) is 11.8. The lowest BCUT2D eigenvalue weighted by molar-refractivity contribution is -0.144. The molecule has 3 rings (SSSR count). The van der Waals surface area contributed by atoms with Gasteiger partial charge in [-0.05, 0) is 43.5 Å². The largest absolute Gasteiger partial charge is 0.481 e. The van der Waals surface area contributed by atoms with Gasteiger partial charge in [0.05, 0.1) is 18.4 Å². The molecule has 1 aromatic carbocycles. The van der Waals surface area contributed by atoms with Crippen LogP contribution in [0, 0.1) is 0 Å². The third-order valence-corrected chi connectivity index (χ3v) is 7.31. The van der Waals surface area contributed by atoms with E-state index in [9.17, 15) is 43.8 Å². The van der Waals surface area contributed by atoms with E-state index in [1.807, 2.05) is 0 Å². The predicted octanol–water partition coefficient (Wildman–Crippen LogP) is -1.03. The molecule has 0 radical (unpaired) electrons. The summed E-state index contributed by atoms with van der Waals surface area (Å²) < 4.78 is 0. The summed E-state index contributed by atoms with van der Waals surface area (Å²) in [5, 5.41) is 43.6. The molecule has 2 aromatic heterocycles. The summed E-state index contributed by atoms with van der Waals surface area (Å²) in [6.45, 7) is 0.289. The van der Waals surface area contributed by atoms with Crippen molar-refractivity contribution in [1.82, 2.24) is 35.9 Å². The van der Waals surface area contributed by atoms with E-state index in [4.69, 9.17) is 21.7 Å². The first-order valence-corrected chi connectivity index (χ1v) is 15.2. The van der Waals surface area contributed by atoms with Crippen LogP contribution in [0.1, 0.15) is 54.6 Å². The number of nitrogen functional groups attached to an aromatic ring is 2. The van der Waals surface area contributed by atoms with E-state index >= 15 is 0 Å². The summed E-state index contributed by atoms with van der Waals surface area (Å²) >= 11 is 0. The van der Waals surface area contributed by atoms with Crippen molar-refractivity contribution < 1.29 is 54.0 Å². The average molecular weight is 713 g/mol. The Bertz CT molecular complexity index is 1810. The standard InChI is InChI=1S/C30H36N10O11/c1-40(13-15-12-33-25-23(34-15)24(31)38-30(32)39-25)16-4-2-14(3-5-16)26(45)37-19(29(50)51)7-10-21(42)35-17(27(46)47)6-9-20(41)36-18(28(48)49)8-11-22(43)44/h2-5,12,17-19H,6-11,13H2,1H3,(H,35,42)(H,36,41)(H,37,45)(H,43,44)(H,46,47)(H,48,49)(H,50,51)(H4,31,32,33,38,39)/t17-,18+,19-/m1/s1. The molecule has 21 heteroatoms. The Morgan fingerprint density at radius 1 is 0.725 bits per heavy atom. The van der Waals surface area contributed by atoms with Crippen molar-refractivity contribution in [3.05, 3.63) is 41.7 Å². The van der Waals surface area contributed by atoms with E-state index in [1.165, 1.54) is 18.3 Å². The molecular formula is C30H36N10O11. The molecule has 0 spiro atoms. The first kappa shape index (κ1) is 38.8. The van der Waals surface area contributed by atoms with Crippen molar-refractivity contribution in [2.24, 2.45) is 0 Å². The van der Waals surface area contributed by atoms with Crippen molar-refractivity contribution in [2.75, 3.05) is 23.4 Å². The van der Waals surface area contributed by atoms with Crippen LogP contribution < -0.4 is 32.3 Å². The van der Waals surface area contributed by atoms with Gasteiger partial charge >= 0.3 is 23.9 Å². The molecule has 11 N–H and O–H groups in total. The number of nitrogens with one attached hydrogen (secondary N) is 3. The zero-order valence-corrected chi connectivity index (χ0v) is 27.1. The highest BCUT2D eigenvalue weighted by molar-refractivity contribution is 5.97. The number of fused-ring (bicyclic) bond motifs is 1. The van der Waals surface area contributed by atoms with Gasteiger partial charge in [-0.25, -0.2) is 24.4 Å². The number of carbonyl (C=O) groups is 7. The zero-order valence-electron chi connectivity index (χ0n) is 27.1. The second kappa shape index (κ2) is 17.6. The summed E-state index contributed by atoms with van der Waals surface area (Å²) in [6.07, 6.45) is -1.29. The molecule has 0 aliphatic carbocycles. The molecule has 0 saturated carbocycles. The highest BCUT2D eigenvalue weighted by atomic mass is 16.4. The van der Waals surface area contributed by atoms with Crippen molar-refractivity contribution in [3.8, 4) is 0 Å². The Labute approximate surface area is 288 Å². The highest BCUT2D eigenvalue weighted by Crippen LogP contribution is 2.19. The normalized spacial score (nSPS) is 12.6. The van der Waals surface area contributed by atoms with E-state index in [0.29, 0.717) is 16.9 Å². The lowest BCUT2D eigenvalue weighted by Gasteiger charge is -2.20. The first-order valence-electron chi connectivity index (χ1n) is 15.2. The molecule has 51 heavy (non-hydrogen) atoms. The summed E-state index contributed by atoms with van der Waals surface area (Å²) in [4.78, 5) is 101. The Balaban J connectivity index is 1.52. The summed E-state index contributed by atoms with van der Waals surface area (Å²) in [7, 11) is 1.76. The molecular weight excluding hydrogens is 676 g/mol. The molecule has 21 nitrogen and oxygen atoms in total. The van der Waals surface area contributed by atoms with Crippen molar-refractivity contribution in [3.63, 3.8) is 0 Å². The molecule has 3 amide bonds. The maximum atomic E-state index is 12.8. The maximum absolute atomic E-state index is 12.8. The second-order valence-electron chi connectivity index (χ2n) is 11.2. The van der Waals surface area contributed by atoms with Crippen molar-refractivity contribution in [2.45, 2.75) is 63.2 Å². The highest BCUT2D eigenvalue weighted by Gasteiger charge is 2.26.